The summed E-state index contributed by atoms with van der Waals surface area (Å²) in [6.07, 6.45) is -4.89. The fraction of sp³-hybridized carbons (Fsp3) is 0.167. The number of nitro benzene ring substituents is 1. The topological polar surface area (TPSA) is 98.0 Å². The van der Waals surface area contributed by atoms with E-state index in [1.807, 2.05) is 0 Å². The Morgan fingerprint density at radius 3 is 2.43 bits per heavy atom. The van der Waals surface area contributed by atoms with E-state index in [-0.39, 0.29) is 16.7 Å². The standard InChI is InChI=1S/C12H7ClF3N3O4/c13-7-1-2-8(19(22)23)6(3-7)5-18-10(20)4-9(12(14,15)16)17-11(18)21/h1-4H,5H2,(H,17,21). The van der Waals surface area contributed by atoms with Crippen LogP contribution >= 0.6 is 11.6 Å². The molecule has 122 valence electrons. The molecule has 1 aromatic carbocycles. The van der Waals surface area contributed by atoms with Crippen molar-refractivity contribution < 1.29 is 18.1 Å². The van der Waals surface area contributed by atoms with Gasteiger partial charge in [0.15, 0.2) is 0 Å². The number of nitro groups is 1. The normalized spacial score (nSPS) is 11.5. The van der Waals surface area contributed by atoms with Crippen LogP contribution in [0.15, 0.2) is 33.9 Å². The zero-order chi connectivity index (χ0) is 17.4. The first-order chi connectivity index (χ1) is 10.6. The minimum Gasteiger partial charge on any atom is -0.303 e. The highest BCUT2D eigenvalue weighted by molar-refractivity contribution is 6.30. The van der Waals surface area contributed by atoms with Crippen LogP contribution < -0.4 is 11.2 Å². The maximum absolute atomic E-state index is 12.5. The fourth-order valence-electron chi connectivity index (χ4n) is 1.85. The van der Waals surface area contributed by atoms with Gasteiger partial charge in [-0.2, -0.15) is 13.2 Å². The molecule has 1 aromatic heterocycles. The van der Waals surface area contributed by atoms with Gasteiger partial charge in [0.1, 0.15) is 5.69 Å². The van der Waals surface area contributed by atoms with Gasteiger partial charge in [-0.3, -0.25) is 19.5 Å². The zero-order valence-electron chi connectivity index (χ0n) is 11.1. The Hall–Kier alpha value is -2.62. The van der Waals surface area contributed by atoms with Crippen LogP contribution in [0.1, 0.15) is 11.3 Å². The van der Waals surface area contributed by atoms with Crippen molar-refractivity contribution in [3.63, 3.8) is 0 Å². The minimum absolute atomic E-state index is 0.0881. The molecule has 0 saturated heterocycles. The van der Waals surface area contributed by atoms with Gasteiger partial charge < -0.3 is 4.98 Å². The minimum atomic E-state index is -4.89. The van der Waals surface area contributed by atoms with E-state index in [0.717, 1.165) is 12.1 Å². The molecule has 0 saturated carbocycles. The van der Waals surface area contributed by atoms with E-state index in [9.17, 15) is 32.9 Å². The molecule has 2 rings (SSSR count). The van der Waals surface area contributed by atoms with Gasteiger partial charge >= 0.3 is 11.9 Å². The molecule has 0 atom stereocenters. The third-order valence-electron chi connectivity index (χ3n) is 2.89. The van der Waals surface area contributed by atoms with Crippen LogP contribution in [0.25, 0.3) is 0 Å². The number of aromatic amines is 1. The predicted molar refractivity (Wildman–Crippen MR) is 73.5 cm³/mol. The number of hydrogen-bond acceptors (Lipinski definition) is 4. The Morgan fingerprint density at radius 2 is 1.91 bits per heavy atom. The van der Waals surface area contributed by atoms with Crippen LogP contribution in [-0.4, -0.2) is 14.5 Å². The predicted octanol–water partition coefficient (Wildman–Crippen LogP) is 2.17. The fourth-order valence-corrected chi connectivity index (χ4v) is 2.05. The smallest absolute Gasteiger partial charge is 0.303 e. The molecule has 0 unspecified atom stereocenters. The second-order valence-electron chi connectivity index (χ2n) is 4.44. The summed E-state index contributed by atoms with van der Waals surface area (Å²) < 4.78 is 37.9. The van der Waals surface area contributed by atoms with Gasteiger partial charge in [-0.15, -0.1) is 0 Å². The van der Waals surface area contributed by atoms with Crippen molar-refractivity contribution in [2.24, 2.45) is 0 Å². The number of nitrogens with zero attached hydrogens (tertiary/aromatic N) is 2. The van der Waals surface area contributed by atoms with Crippen molar-refractivity contribution in [3.8, 4) is 0 Å². The Balaban J connectivity index is 2.55. The first-order valence-corrected chi connectivity index (χ1v) is 6.31. The summed E-state index contributed by atoms with van der Waals surface area (Å²) in [7, 11) is 0. The lowest BCUT2D eigenvalue weighted by Gasteiger charge is -2.09. The molecule has 23 heavy (non-hydrogen) atoms. The number of nitrogens with one attached hydrogen (secondary N) is 1. The molecule has 0 aliphatic carbocycles. The van der Waals surface area contributed by atoms with Crippen LogP contribution in [0.4, 0.5) is 18.9 Å². The number of benzene rings is 1. The number of halogens is 4. The molecule has 11 heteroatoms. The number of alkyl halides is 3. The number of H-pyrrole nitrogens is 1. The van der Waals surface area contributed by atoms with E-state index in [4.69, 9.17) is 11.6 Å². The molecule has 0 bridgehead atoms. The summed E-state index contributed by atoms with van der Waals surface area (Å²) in [5.41, 5.74) is -4.57. The average Bonchev–Trinajstić information content (AvgIpc) is 2.41. The lowest BCUT2D eigenvalue weighted by Crippen LogP contribution is -2.37. The highest BCUT2D eigenvalue weighted by Crippen LogP contribution is 2.26. The molecule has 1 heterocycles. The summed E-state index contributed by atoms with van der Waals surface area (Å²) in [6, 6.07) is 3.67. The van der Waals surface area contributed by atoms with E-state index in [2.05, 4.69) is 0 Å². The second kappa shape index (κ2) is 5.88. The monoisotopic (exact) mass is 349 g/mol. The third kappa shape index (κ3) is 3.59. The molecule has 0 aliphatic heterocycles. The van der Waals surface area contributed by atoms with Crippen LogP contribution in [0.3, 0.4) is 0 Å². The molecule has 0 radical (unpaired) electrons. The quantitative estimate of drug-likeness (QED) is 0.678. The summed E-state index contributed by atoms with van der Waals surface area (Å²) in [5.74, 6) is 0. The van der Waals surface area contributed by atoms with E-state index in [0.29, 0.717) is 4.57 Å². The Kier molecular flexibility index (Phi) is 4.28. The number of rotatable bonds is 3. The van der Waals surface area contributed by atoms with Gasteiger partial charge in [-0.25, -0.2) is 4.79 Å². The van der Waals surface area contributed by atoms with Crippen LogP contribution in [-0.2, 0) is 12.7 Å². The van der Waals surface area contributed by atoms with Crippen molar-refractivity contribution in [2.75, 3.05) is 0 Å². The van der Waals surface area contributed by atoms with Crippen molar-refractivity contribution in [3.05, 3.63) is 71.5 Å². The van der Waals surface area contributed by atoms with E-state index in [1.54, 1.807) is 0 Å². The van der Waals surface area contributed by atoms with Crippen LogP contribution in [0.2, 0.25) is 5.02 Å². The molecule has 1 N–H and O–H groups in total. The van der Waals surface area contributed by atoms with Crippen molar-refractivity contribution in [1.29, 1.82) is 0 Å². The summed E-state index contributed by atoms with van der Waals surface area (Å²) in [5, 5.41) is 11.0. The highest BCUT2D eigenvalue weighted by Gasteiger charge is 2.33. The van der Waals surface area contributed by atoms with Crippen molar-refractivity contribution in [2.45, 2.75) is 12.7 Å². The van der Waals surface area contributed by atoms with Gasteiger partial charge in [0.25, 0.3) is 11.2 Å². The number of hydrogen-bond donors (Lipinski definition) is 1. The average molecular weight is 350 g/mol. The molecule has 2 aromatic rings. The molecule has 0 amide bonds. The zero-order valence-corrected chi connectivity index (χ0v) is 11.8. The van der Waals surface area contributed by atoms with Crippen LogP contribution in [0, 0.1) is 10.1 Å². The Labute approximate surface area is 130 Å². The van der Waals surface area contributed by atoms with Crippen molar-refractivity contribution in [1.82, 2.24) is 9.55 Å². The third-order valence-corrected chi connectivity index (χ3v) is 3.13. The summed E-state index contributed by atoms with van der Waals surface area (Å²) in [4.78, 5) is 35.1. The van der Waals surface area contributed by atoms with Gasteiger partial charge in [0.05, 0.1) is 17.0 Å². The summed E-state index contributed by atoms with van der Waals surface area (Å²) in [6.45, 7) is -0.594. The van der Waals surface area contributed by atoms with Gasteiger partial charge in [-0.1, -0.05) is 11.6 Å². The molecule has 7 nitrogen and oxygen atoms in total. The van der Waals surface area contributed by atoms with Gasteiger partial charge in [0, 0.05) is 17.2 Å². The van der Waals surface area contributed by atoms with Gasteiger partial charge in [-0.05, 0) is 12.1 Å². The second-order valence-corrected chi connectivity index (χ2v) is 4.88. The molecule has 0 aliphatic rings. The molecular weight excluding hydrogens is 343 g/mol. The maximum atomic E-state index is 12.5. The maximum Gasteiger partial charge on any atom is 0.431 e. The van der Waals surface area contributed by atoms with E-state index >= 15 is 0 Å². The molecular formula is C12H7ClF3N3O4. The lowest BCUT2D eigenvalue weighted by molar-refractivity contribution is -0.385. The molecule has 0 spiro atoms. The summed E-state index contributed by atoms with van der Waals surface area (Å²) >= 11 is 5.71. The van der Waals surface area contributed by atoms with Crippen LogP contribution in [0.5, 0.6) is 0 Å². The van der Waals surface area contributed by atoms with Gasteiger partial charge in [0.2, 0.25) is 0 Å². The first-order valence-electron chi connectivity index (χ1n) is 5.94. The SMILES string of the molecule is O=c1cc(C(F)(F)F)[nH]c(=O)n1Cc1cc(Cl)ccc1[N+](=O)[O-]. The number of aromatic nitrogens is 2. The van der Waals surface area contributed by atoms with E-state index in [1.165, 1.54) is 11.1 Å². The van der Waals surface area contributed by atoms with E-state index < -0.39 is 40.3 Å². The lowest BCUT2D eigenvalue weighted by atomic mass is 10.2. The first kappa shape index (κ1) is 16.7. The van der Waals surface area contributed by atoms with Crippen molar-refractivity contribution >= 4 is 17.3 Å². The largest absolute Gasteiger partial charge is 0.431 e. The Bertz CT molecular complexity index is 857. The Morgan fingerprint density at radius 1 is 1.26 bits per heavy atom. The highest BCUT2D eigenvalue weighted by atomic mass is 35.5. The molecule has 0 fully saturated rings.